The maximum absolute atomic E-state index is 12.0. The molecule has 2 aromatic carbocycles. The lowest BCUT2D eigenvalue weighted by Gasteiger charge is -2.14. The monoisotopic (exact) mass is 253 g/mol. The minimum Gasteiger partial charge on any atom is -0.346 e. The van der Waals surface area contributed by atoms with Crippen LogP contribution in [0.15, 0.2) is 54.6 Å². The molecule has 19 heavy (non-hydrogen) atoms. The smallest absolute Gasteiger partial charge is 0.251 e. The molecule has 0 fully saturated rings. The first kappa shape index (κ1) is 13.0. The van der Waals surface area contributed by atoms with Gasteiger partial charge in [-0.15, -0.1) is 0 Å². The fourth-order valence-corrected chi connectivity index (χ4v) is 1.82. The van der Waals surface area contributed by atoms with E-state index in [1.54, 1.807) is 24.3 Å². The number of amides is 1. The zero-order chi connectivity index (χ0) is 13.7. The number of nitrogens with one attached hydrogen (secondary N) is 1. The molecule has 0 aromatic heterocycles. The van der Waals surface area contributed by atoms with E-state index in [0.29, 0.717) is 11.1 Å². The van der Waals surface area contributed by atoms with Gasteiger partial charge in [-0.05, 0) is 24.6 Å². The number of carbonyl (C=O) groups excluding carboxylic acids is 2. The first-order valence-electron chi connectivity index (χ1n) is 6.12. The standard InChI is InChI=1S/C16H15NO2/c1-12(14-5-3-2-4-6-14)17-16(19)15-9-7-13(11-18)8-10-15/h2-12H,1H3,(H,17,19)/t12-/m1/s1. The van der Waals surface area contributed by atoms with Crippen molar-refractivity contribution in [3.63, 3.8) is 0 Å². The Kier molecular flexibility index (Phi) is 4.08. The highest BCUT2D eigenvalue weighted by Gasteiger charge is 2.10. The molecule has 0 saturated carbocycles. The number of aldehydes is 1. The van der Waals surface area contributed by atoms with Crippen molar-refractivity contribution in [2.45, 2.75) is 13.0 Å². The fourth-order valence-electron chi connectivity index (χ4n) is 1.82. The van der Waals surface area contributed by atoms with Crippen molar-refractivity contribution >= 4 is 12.2 Å². The molecule has 0 bridgehead atoms. The largest absolute Gasteiger partial charge is 0.346 e. The van der Waals surface area contributed by atoms with Gasteiger partial charge in [0.05, 0.1) is 6.04 Å². The van der Waals surface area contributed by atoms with Gasteiger partial charge in [-0.25, -0.2) is 0 Å². The Morgan fingerprint density at radius 2 is 1.68 bits per heavy atom. The molecule has 1 amide bonds. The maximum atomic E-state index is 12.0. The van der Waals surface area contributed by atoms with Crippen LogP contribution >= 0.6 is 0 Å². The average molecular weight is 253 g/mol. The summed E-state index contributed by atoms with van der Waals surface area (Å²) in [4.78, 5) is 22.6. The van der Waals surface area contributed by atoms with Gasteiger partial charge >= 0.3 is 0 Å². The second-order valence-corrected chi connectivity index (χ2v) is 4.35. The van der Waals surface area contributed by atoms with Crippen molar-refractivity contribution in [1.29, 1.82) is 0 Å². The van der Waals surface area contributed by atoms with Crippen LogP contribution in [0.3, 0.4) is 0 Å². The zero-order valence-corrected chi connectivity index (χ0v) is 10.7. The van der Waals surface area contributed by atoms with Crippen LogP contribution < -0.4 is 5.32 Å². The van der Waals surface area contributed by atoms with Crippen LogP contribution in [0.2, 0.25) is 0 Å². The summed E-state index contributed by atoms with van der Waals surface area (Å²) in [5, 5.41) is 2.92. The maximum Gasteiger partial charge on any atom is 0.251 e. The molecular formula is C16H15NO2. The lowest BCUT2D eigenvalue weighted by Crippen LogP contribution is -2.26. The summed E-state index contributed by atoms with van der Waals surface area (Å²) in [5.74, 6) is -0.145. The summed E-state index contributed by atoms with van der Waals surface area (Å²) in [5.41, 5.74) is 2.17. The Hall–Kier alpha value is -2.42. The van der Waals surface area contributed by atoms with Crippen molar-refractivity contribution in [2.24, 2.45) is 0 Å². The van der Waals surface area contributed by atoms with Gasteiger partial charge < -0.3 is 5.32 Å². The van der Waals surface area contributed by atoms with Gasteiger partial charge in [-0.3, -0.25) is 9.59 Å². The molecule has 0 spiro atoms. The Bertz CT molecular complexity index is 561. The van der Waals surface area contributed by atoms with Crippen molar-refractivity contribution in [2.75, 3.05) is 0 Å². The van der Waals surface area contributed by atoms with Crippen LogP contribution in [0, 0.1) is 0 Å². The first-order chi connectivity index (χ1) is 9.20. The van der Waals surface area contributed by atoms with Crippen molar-refractivity contribution in [3.05, 3.63) is 71.3 Å². The van der Waals surface area contributed by atoms with E-state index < -0.39 is 0 Å². The lowest BCUT2D eigenvalue weighted by molar-refractivity contribution is 0.0939. The lowest BCUT2D eigenvalue weighted by atomic mass is 10.1. The Balaban J connectivity index is 2.06. The molecule has 0 heterocycles. The molecule has 3 heteroatoms. The van der Waals surface area contributed by atoms with Gasteiger partial charge in [0.15, 0.2) is 0 Å². The molecular weight excluding hydrogens is 238 g/mol. The molecule has 0 aliphatic carbocycles. The van der Waals surface area contributed by atoms with E-state index in [-0.39, 0.29) is 11.9 Å². The minimum absolute atomic E-state index is 0.0561. The van der Waals surface area contributed by atoms with Crippen LogP contribution in [0.5, 0.6) is 0 Å². The van der Waals surface area contributed by atoms with E-state index in [0.717, 1.165) is 11.8 Å². The molecule has 0 unspecified atom stereocenters. The van der Waals surface area contributed by atoms with Gasteiger partial charge in [0.2, 0.25) is 0 Å². The number of hydrogen-bond donors (Lipinski definition) is 1. The molecule has 2 rings (SSSR count). The van der Waals surface area contributed by atoms with Crippen LogP contribution in [0.4, 0.5) is 0 Å². The Labute approximate surface area is 112 Å². The van der Waals surface area contributed by atoms with Gasteiger partial charge in [0.25, 0.3) is 5.91 Å². The highest BCUT2D eigenvalue weighted by Crippen LogP contribution is 2.12. The molecule has 0 saturated heterocycles. The van der Waals surface area contributed by atoms with E-state index in [1.807, 2.05) is 37.3 Å². The molecule has 0 aliphatic heterocycles. The van der Waals surface area contributed by atoms with E-state index in [1.165, 1.54) is 0 Å². The number of hydrogen-bond acceptors (Lipinski definition) is 2. The van der Waals surface area contributed by atoms with Gasteiger partial charge in [-0.1, -0.05) is 42.5 Å². The van der Waals surface area contributed by atoms with Crippen molar-refractivity contribution < 1.29 is 9.59 Å². The minimum atomic E-state index is -0.145. The third kappa shape index (κ3) is 3.28. The average Bonchev–Trinajstić information content (AvgIpc) is 2.48. The Morgan fingerprint density at radius 3 is 2.26 bits per heavy atom. The summed E-state index contributed by atoms with van der Waals surface area (Å²) >= 11 is 0. The fraction of sp³-hybridized carbons (Fsp3) is 0.125. The molecule has 1 atom stereocenters. The summed E-state index contributed by atoms with van der Waals surface area (Å²) in [7, 11) is 0. The third-order valence-electron chi connectivity index (χ3n) is 2.96. The van der Waals surface area contributed by atoms with Crippen LogP contribution in [0.25, 0.3) is 0 Å². The molecule has 2 aromatic rings. The van der Waals surface area contributed by atoms with E-state index >= 15 is 0 Å². The highest BCUT2D eigenvalue weighted by atomic mass is 16.1. The van der Waals surface area contributed by atoms with E-state index in [9.17, 15) is 9.59 Å². The predicted molar refractivity (Wildman–Crippen MR) is 74.2 cm³/mol. The normalized spacial score (nSPS) is 11.6. The summed E-state index contributed by atoms with van der Waals surface area (Å²) in [6.45, 7) is 1.94. The summed E-state index contributed by atoms with van der Waals surface area (Å²) < 4.78 is 0. The van der Waals surface area contributed by atoms with Crippen molar-refractivity contribution in [3.8, 4) is 0 Å². The topological polar surface area (TPSA) is 46.2 Å². The SMILES string of the molecule is C[C@@H](NC(=O)c1ccc(C=O)cc1)c1ccccc1. The van der Waals surface area contributed by atoms with Crippen LogP contribution in [0.1, 0.15) is 39.2 Å². The second kappa shape index (κ2) is 5.96. The third-order valence-corrected chi connectivity index (χ3v) is 2.96. The highest BCUT2D eigenvalue weighted by molar-refractivity contribution is 5.95. The summed E-state index contributed by atoms with van der Waals surface area (Å²) in [6, 6.07) is 16.3. The van der Waals surface area contributed by atoms with Crippen molar-refractivity contribution in [1.82, 2.24) is 5.32 Å². The van der Waals surface area contributed by atoms with Crippen LogP contribution in [-0.4, -0.2) is 12.2 Å². The predicted octanol–water partition coefficient (Wildman–Crippen LogP) is 2.99. The molecule has 1 N–H and O–H groups in total. The first-order valence-corrected chi connectivity index (χ1v) is 6.12. The number of carbonyl (C=O) groups is 2. The van der Waals surface area contributed by atoms with Crippen LogP contribution in [-0.2, 0) is 0 Å². The van der Waals surface area contributed by atoms with E-state index in [4.69, 9.17) is 0 Å². The molecule has 0 aliphatic rings. The van der Waals surface area contributed by atoms with E-state index in [2.05, 4.69) is 5.32 Å². The van der Waals surface area contributed by atoms with Gasteiger partial charge in [0, 0.05) is 11.1 Å². The summed E-state index contributed by atoms with van der Waals surface area (Å²) in [6.07, 6.45) is 0.758. The number of rotatable bonds is 4. The quantitative estimate of drug-likeness (QED) is 0.851. The molecule has 3 nitrogen and oxygen atoms in total. The number of benzene rings is 2. The second-order valence-electron chi connectivity index (χ2n) is 4.35. The molecule has 96 valence electrons. The zero-order valence-electron chi connectivity index (χ0n) is 10.7. The molecule has 0 radical (unpaired) electrons. The van der Waals surface area contributed by atoms with Gasteiger partial charge in [0.1, 0.15) is 6.29 Å². The van der Waals surface area contributed by atoms with Gasteiger partial charge in [-0.2, -0.15) is 0 Å². The Morgan fingerprint density at radius 1 is 1.05 bits per heavy atom.